The van der Waals surface area contributed by atoms with Crippen LogP contribution in [0.4, 0.5) is 0 Å². The molecule has 0 spiro atoms. The molecule has 3 N–H and O–H groups in total. The van der Waals surface area contributed by atoms with E-state index in [0.717, 1.165) is 17.5 Å². The summed E-state index contributed by atoms with van der Waals surface area (Å²) in [7, 11) is 0. The van der Waals surface area contributed by atoms with Crippen LogP contribution in [-0.2, 0) is 9.53 Å². The van der Waals surface area contributed by atoms with Gasteiger partial charge < -0.3 is 15.8 Å². The second-order valence-corrected chi connectivity index (χ2v) is 4.37. The molecule has 4 nitrogen and oxygen atoms in total. The van der Waals surface area contributed by atoms with Gasteiger partial charge in [0.2, 0.25) is 5.91 Å². The van der Waals surface area contributed by atoms with Crippen LogP contribution in [0.15, 0.2) is 36.9 Å². The fourth-order valence-electron chi connectivity index (χ4n) is 1.55. The topological polar surface area (TPSA) is 64.3 Å². The molecule has 1 aromatic rings. The van der Waals surface area contributed by atoms with Crippen molar-refractivity contribution in [2.45, 2.75) is 19.4 Å². The predicted molar refractivity (Wildman–Crippen MR) is 76.8 cm³/mol. The molecule has 0 bridgehead atoms. The van der Waals surface area contributed by atoms with Crippen LogP contribution in [0, 0.1) is 6.92 Å². The van der Waals surface area contributed by atoms with Crippen molar-refractivity contribution in [1.82, 2.24) is 5.32 Å². The van der Waals surface area contributed by atoms with Crippen molar-refractivity contribution in [3.8, 4) is 0 Å². The minimum Gasteiger partial charge on any atom is -0.379 e. The van der Waals surface area contributed by atoms with Crippen LogP contribution in [0.2, 0.25) is 0 Å². The number of aryl methyl sites for hydroxylation is 1. The Labute approximate surface area is 114 Å². The molecule has 0 saturated heterocycles. The predicted octanol–water partition coefficient (Wildman–Crippen LogP) is 1.70. The second-order valence-electron chi connectivity index (χ2n) is 4.37. The Bertz CT molecular complexity index is 401. The molecule has 0 aliphatic carbocycles. The molecule has 0 aromatic heterocycles. The molecule has 1 rings (SSSR count). The monoisotopic (exact) mass is 262 g/mol. The quantitative estimate of drug-likeness (QED) is 0.553. The number of hydrogen-bond donors (Lipinski definition) is 2. The third-order valence-electron chi connectivity index (χ3n) is 2.73. The molecule has 1 unspecified atom stereocenters. The lowest BCUT2D eigenvalue weighted by Crippen LogP contribution is -2.36. The summed E-state index contributed by atoms with van der Waals surface area (Å²) in [4.78, 5) is 11.8. The summed E-state index contributed by atoms with van der Waals surface area (Å²) in [6.45, 7) is 7.18. The van der Waals surface area contributed by atoms with Gasteiger partial charge in [-0.3, -0.25) is 4.79 Å². The number of ether oxygens (including phenoxy) is 1. The lowest BCUT2D eigenvalue weighted by atomic mass is 10.1. The maximum Gasteiger partial charge on any atom is 0.241 e. The Morgan fingerprint density at radius 3 is 2.74 bits per heavy atom. The Kier molecular flexibility index (Phi) is 6.85. The van der Waals surface area contributed by atoms with E-state index in [1.54, 1.807) is 6.08 Å². The number of carbonyl (C=O) groups excluding carboxylic acids is 1. The highest BCUT2D eigenvalue weighted by Gasteiger charge is 2.14. The lowest BCUT2D eigenvalue weighted by Gasteiger charge is -2.13. The van der Waals surface area contributed by atoms with Gasteiger partial charge in [0, 0.05) is 6.54 Å². The summed E-state index contributed by atoms with van der Waals surface area (Å²) in [6.07, 6.45) is 2.61. The van der Waals surface area contributed by atoms with Crippen LogP contribution in [0.25, 0.3) is 0 Å². The second kappa shape index (κ2) is 8.45. The SMILES string of the molecule is C=CCCOCCNC(=O)C(N)c1ccc(C)cc1. The molecular formula is C15H22N2O2. The number of nitrogens with two attached hydrogens (primary N) is 1. The van der Waals surface area contributed by atoms with Crippen LogP contribution in [-0.4, -0.2) is 25.7 Å². The molecule has 1 aromatic carbocycles. The van der Waals surface area contributed by atoms with Crippen molar-refractivity contribution in [2.75, 3.05) is 19.8 Å². The zero-order valence-electron chi connectivity index (χ0n) is 11.4. The largest absolute Gasteiger partial charge is 0.379 e. The van der Waals surface area contributed by atoms with Gasteiger partial charge in [-0.25, -0.2) is 0 Å². The highest BCUT2D eigenvalue weighted by Crippen LogP contribution is 2.11. The van der Waals surface area contributed by atoms with Crippen molar-refractivity contribution in [3.05, 3.63) is 48.0 Å². The number of rotatable bonds is 8. The molecule has 0 saturated carbocycles. The van der Waals surface area contributed by atoms with Gasteiger partial charge in [-0.1, -0.05) is 35.9 Å². The average Bonchev–Trinajstić information content (AvgIpc) is 2.42. The first kappa shape index (κ1) is 15.4. The molecular weight excluding hydrogens is 240 g/mol. The van der Waals surface area contributed by atoms with Crippen molar-refractivity contribution >= 4 is 5.91 Å². The molecule has 0 aliphatic rings. The van der Waals surface area contributed by atoms with Crippen LogP contribution in [0.3, 0.4) is 0 Å². The van der Waals surface area contributed by atoms with E-state index in [1.807, 2.05) is 31.2 Å². The van der Waals surface area contributed by atoms with E-state index in [4.69, 9.17) is 10.5 Å². The molecule has 0 heterocycles. The first-order valence-electron chi connectivity index (χ1n) is 6.43. The standard InChI is InChI=1S/C15H22N2O2/c1-3-4-10-19-11-9-17-15(18)14(16)13-7-5-12(2)6-8-13/h3,5-8,14H,1,4,9-11,16H2,2H3,(H,17,18). The van der Waals surface area contributed by atoms with Gasteiger partial charge in [0.25, 0.3) is 0 Å². The van der Waals surface area contributed by atoms with Gasteiger partial charge in [-0.2, -0.15) is 0 Å². The van der Waals surface area contributed by atoms with Crippen LogP contribution in [0.5, 0.6) is 0 Å². The minimum atomic E-state index is -0.631. The molecule has 104 valence electrons. The van der Waals surface area contributed by atoms with E-state index >= 15 is 0 Å². The summed E-state index contributed by atoms with van der Waals surface area (Å²) in [6, 6.07) is 7.01. The Hall–Kier alpha value is -1.65. The summed E-state index contributed by atoms with van der Waals surface area (Å²) >= 11 is 0. The molecule has 0 fully saturated rings. The van der Waals surface area contributed by atoms with Gasteiger partial charge in [0.15, 0.2) is 0 Å². The van der Waals surface area contributed by atoms with E-state index in [0.29, 0.717) is 19.8 Å². The smallest absolute Gasteiger partial charge is 0.241 e. The van der Waals surface area contributed by atoms with E-state index in [2.05, 4.69) is 11.9 Å². The zero-order valence-corrected chi connectivity index (χ0v) is 11.4. The fourth-order valence-corrected chi connectivity index (χ4v) is 1.55. The van der Waals surface area contributed by atoms with Gasteiger partial charge in [0.1, 0.15) is 6.04 Å². The normalized spacial score (nSPS) is 11.9. The third-order valence-corrected chi connectivity index (χ3v) is 2.73. The minimum absolute atomic E-state index is 0.184. The first-order chi connectivity index (χ1) is 9.15. The van der Waals surface area contributed by atoms with Gasteiger partial charge in [-0.05, 0) is 18.9 Å². The van der Waals surface area contributed by atoms with Crippen LogP contribution in [0.1, 0.15) is 23.6 Å². The van der Waals surface area contributed by atoms with Gasteiger partial charge >= 0.3 is 0 Å². The maximum atomic E-state index is 11.8. The molecule has 1 atom stereocenters. The number of hydrogen-bond acceptors (Lipinski definition) is 3. The zero-order chi connectivity index (χ0) is 14.1. The van der Waals surface area contributed by atoms with Crippen molar-refractivity contribution < 1.29 is 9.53 Å². The number of nitrogens with one attached hydrogen (secondary N) is 1. The molecule has 1 amide bonds. The van der Waals surface area contributed by atoms with Gasteiger partial charge in [0.05, 0.1) is 13.2 Å². The Balaban J connectivity index is 2.29. The average molecular weight is 262 g/mol. The van der Waals surface area contributed by atoms with E-state index in [-0.39, 0.29) is 5.91 Å². The summed E-state index contributed by atoms with van der Waals surface area (Å²) in [5, 5.41) is 2.76. The fraction of sp³-hybridized carbons (Fsp3) is 0.400. The van der Waals surface area contributed by atoms with Crippen LogP contribution < -0.4 is 11.1 Å². The number of carbonyl (C=O) groups is 1. The summed E-state index contributed by atoms with van der Waals surface area (Å²) < 4.78 is 5.30. The highest BCUT2D eigenvalue weighted by atomic mass is 16.5. The molecule has 19 heavy (non-hydrogen) atoms. The first-order valence-corrected chi connectivity index (χ1v) is 6.43. The third kappa shape index (κ3) is 5.68. The molecule has 0 radical (unpaired) electrons. The number of benzene rings is 1. The van der Waals surface area contributed by atoms with E-state index in [9.17, 15) is 4.79 Å². The van der Waals surface area contributed by atoms with E-state index in [1.165, 1.54) is 0 Å². The molecule has 4 heteroatoms. The Morgan fingerprint density at radius 1 is 1.42 bits per heavy atom. The summed E-state index contributed by atoms with van der Waals surface area (Å²) in [5.41, 5.74) is 7.85. The summed E-state index contributed by atoms with van der Waals surface area (Å²) in [5.74, 6) is -0.184. The Morgan fingerprint density at radius 2 is 2.11 bits per heavy atom. The van der Waals surface area contributed by atoms with Crippen molar-refractivity contribution in [2.24, 2.45) is 5.73 Å². The van der Waals surface area contributed by atoms with Gasteiger partial charge in [-0.15, -0.1) is 6.58 Å². The highest BCUT2D eigenvalue weighted by molar-refractivity contribution is 5.82. The molecule has 0 aliphatic heterocycles. The van der Waals surface area contributed by atoms with Crippen LogP contribution >= 0.6 is 0 Å². The van der Waals surface area contributed by atoms with Crippen molar-refractivity contribution in [3.63, 3.8) is 0 Å². The number of amides is 1. The van der Waals surface area contributed by atoms with E-state index < -0.39 is 6.04 Å². The maximum absolute atomic E-state index is 11.8. The lowest BCUT2D eigenvalue weighted by molar-refractivity contribution is -0.122. The van der Waals surface area contributed by atoms with Crippen molar-refractivity contribution in [1.29, 1.82) is 0 Å².